The molecule has 1 saturated heterocycles. The van der Waals surface area contributed by atoms with Crippen LogP contribution in [-0.2, 0) is 4.79 Å². The average Bonchev–Trinajstić information content (AvgIpc) is 2.33. The number of aryl methyl sites for hydroxylation is 1. The van der Waals surface area contributed by atoms with Crippen LogP contribution in [0.2, 0.25) is 0 Å². The lowest BCUT2D eigenvalue weighted by Gasteiger charge is -2.30. The number of nitrogens with one attached hydrogen (secondary N) is 2. The van der Waals surface area contributed by atoms with Crippen LogP contribution in [0.15, 0.2) is 17.1 Å². The first-order valence-electron chi connectivity index (χ1n) is 6.21. The van der Waals surface area contributed by atoms with E-state index in [-0.39, 0.29) is 22.9 Å². The molecule has 2 heterocycles. The second-order valence-corrected chi connectivity index (χ2v) is 4.88. The van der Waals surface area contributed by atoms with E-state index >= 15 is 0 Å². The predicted octanol–water partition coefficient (Wildman–Crippen LogP) is 0.0339. The highest BCUT2D eigenvalue weighted by Crippen LogP contribution is 2.10. The molecule has 2 N–H and O–H groups in total. The third kappa shape index (κ3) is 3.01. The van der Waals surface area contributed by atoms with E-state index in [0.29, 0.717) is 25.1 Å². The number of aromatic amines is 1. The van der Waals surface area contributed by atoms with Crippen LogP contribution < -0.4 is 10.7 Å². The number of hydrogen-bond donors (Lipinski definition) is 2. The molecular weight excluding hydrogens is 246 g/mol. The van der Waals surface area contributed by atoms with Gasteiger partial charge in [-0.25, -0.2) is 0 Å². The quantitative estimate of drug-likeness (QED) is 0.790. The van der Waals surface area contributed by atoms with Gasteiger partial charge in [-0.1, -0.05) is 0 Å². The molecule has 2 amide bonds. The summed E-state index contributed by atoms with van der Waals surface area (Å²) in [7, 11) is 1.71. The molecule has 1 atom stereocenters. The maximum absolute atomic E-state index is 12.0. The first-order valence-corrected chi connectivity index (χ1v) is 6.21. The van der Waals surface area contributed by atoms with Crippen molar-refractivity contribution in [3.05, 3.63) is 33.7 Å². The average molecular weight is 263 g/mol. The van der Waals surface area contributed by atoms with E-state index in [1.165, 1.54) is 12.3 Å². The molecule has 0 saturated carbocycles. The molecule has 1 aromatic heterocycles. The van der Waals surface area contributed by atoms with Crippen molar-refractivity contribution in [3.8, 4) is 0 Å². The third-order valence-electron chi connectivity index (χ3n) is 3.26. The number of likely N-dealkylation sites (N-methyl/N-ethyl adjacent to an activating group) is 1. The summed E-state index contributed by atoms with van der Waals surface area (Å²) in [5, 5.41) is 2.79. The SMILES string of the molecule is Cc1cc(=O)c(C(=O)NC2CCC(=O)N(C)C2)c[nH]1. The highest BCUT2D eigenvalue weighted by molar-refractivity contribution is 5.94. The first-order chi connectivity index (χ1) is 8.97. The fourth-order valence-corrected chi connectivity index (χ4v) is 2.14. The monoisotopic (exact) mass is 263 g/mol. The minimum absolute atomic E-state index is 0.0821. The summed E-state index contributed by atoms with van der Waals surface area (Å²) in [5.41, 5.74) is 0.517. The lowest BCUT2D eigenvalue weighted by molar-refractivity contribution is -0.132. The van der Waals surface area contributed by atoms with E-state index in [9.17, 15) is 14.4 Å². The van der Waals surface area contributed by atoms with Gasteiger partial charge < -0.3 is 15.2 Å². The number of piperidine rings is 1. The van der Waals surface area contributed by atoms with Crippen molar-refractivity contribution in [1.29, 1.82) is 0 Å². The van der Waals surface area contributed by atoms with E-state index in [4.69, 9.17) is 0 Å². The summed E-state index contributed by atoms with van der Waals surface area (Å²) in [6.07, 6.45) is 2.45. The number of carbonyl (C=O) groups excluding carboxylic acids is 2. The van der Waals surface area contributed by atoms with Crippen LogP contribution in [0.4, 0.5) is 0 Å². The van der Waals surface area contributed by atoms with Crippen molar-refractivity contribution in [1.82, 2.24) is 15.2 Å². The molecule has 6 heteroatoms. The molecule has 0 radical (unpaired) electrons. The Hall–Kier alpha value is -2.11. The highest BCUT2D eigenvalue weighted by atomic mass is 16.2. The van der Waals surface area contributed by atoms with Gasteiger partial charge in [0, 0.05) is 44.0 Å². The molecule has 1 unspecified atom stereocenters. The predicted molar refractivity (Wildman–Crippen MR) is 69.9 cm³/mol. The summed E-state index contributed by atoms with van der Waals surface area (Å²) in [4.78, 5) is 39.5. The topological polar surface area (TPSA) is 82.3 Å². The second-order valence-electron chi connectivity index (χ2n) is 4.88. The number of H-pyrrole nitrogens is 1. The fraction of sp³-hybridized carbons (Fsp3) is 0.462. The summed E-state index contributed by atoms with van der Waals surface area (Å²) >= 11 is 0. The van der Waals surface area contributed by atoms with Crippen molar-refractivity contribution in [2.24, 2.45) is 0 Å². The van der Waals surface area contributed by atoms with Gasteiger partial charge in [-0.05, 0) is 13.3 Å². The van der Waals surface area contributed by atoms with Gasteiger partial charge in [0.15, 0.2) is 5.43 Å². The molecule has 0 spiro atoms. The maximum Gasteiger partial charge on any atom is 0.257 e. The number of pyridine rings is 1. The Kier molecular flexibility index (Phi) is 3.69. The number of nitrogens with zero attached hydrogens (tertiary/aromatic N) is 1. The lowest BCUT2D eigenvalue weighted by atomic mass is 10.1. The molecule has 1 aromatic rings. The number of rotatable bonds is 2. The van der Waals surface area contributed by atoms with Crippen molar-refractivity contribution >= 4 is 11.8 Å². The van der Waals surface area contributed by atoms with E-state index < -0.39 is 5.91 Å². The minimum Gasteiger partial charge on any atom is -0.364 e. The third-order valence-corrected chi connectivity index (χ3v) is 3.26. The van der Waals surface area contributed by atoms with Gasteiger partial charge in [-0.3, -0.25) is 14.4 Å². The minimum atomic E-state index is -0.394. The maximum atomic E-state index is 12.0. The molecule has 1 aliphatic rings. The van der Waals surface area contributed by atoms with Gasteiger partial charge >= 0.3 is 0 Å². The van der Waals surface area contributed by atoms with Crippen LogP contribution in [0.3, 0.4) is 0 Å². The zero-order valence-electron chi connectivity index (χ0n) is 11.0. The number of carbonyl (C=O) groups is 2. The molecule has 1 aliphatic heterocycles. The Balaban J connectivity index is 2.05. The second kappa shape index (κ2) is 5.26. The normalized spacial score (nSPS) is 19.4. The summed E-state index contributed by atoms with van der Waals surface area (Å²) < 4.78 is 0. The smallest absolute Gasteiger partial charge is 0.257 e. The van der Waals surface area contributed by atoms with Gasteiger partial charge in [0.2, 0.25) is 5.91 Å². The first kappa shape index (κ1) is 13.3. The van der Waals surface area contributed by atoms with Crippen LogP contribution in [-0.4, -0.2) is 41.3 Å². The van der Waals surface area contributed by atoms with Crippen LogP contribution in [0.1, 0.15) is 28.9 Å². The van der Waals surface area contributed by atoms with Gasteiger partial charge in [0.05, 0.1) is 0 Å². The summed E-state index contributed by atoms with van der Waals surface area (Å²) in [6, 6.07) is 1.29. The molecule has 2 rings (SSSR count). The van der Waals surface area contributed by atoms with Crippen LogP contribution in [0.25, 0.3) is 0 Å². The Morgan fingerprint density at radius 2 is 2.21 bits per heavy atom. The van der Waals surface area contributed by atoms with Crippen molar-refractivity contribution in [2.75, 3.05) is 13.6 Å². The molecule has 0 aliphatic carbocycles. The lowest BCUT2D eigenvalue weighted by Crippen LogP contribution is -2.49. The van der Waals surface area contributed by atoms with Crippen molar-refractivity contribution in [2.45, 2.75) is 25.8 Å². The van der Waals surface area contributed by atoms with Gasteiger partial charge in [-0.2, -0.15) is 0 Å². The van der Waals surface area contributed by atoms with Gasteiger partial charge in [-0.15, -0.1) is 0 Å². The standard InChI is InChI=1S/C13H17N3O3/c1-8-5-11(17)10(6-14-8)13(19)15-9-3-4-12(18)16(2)7-9/h5-6,9H,3-4,7H2,1-2H3,(H,14,17)(H,15,19). The van der Waals surface area contributed by atoms with E-state index in [0.717, 1.165) is 0 Å². The highest BCUT2D eigenvalue weighted by Gasteiger charge is 2.24. The zero-order valence-corrected chi connectivity index (χ0v) is 11.0. The van der Waals surface area contributed by atoms with Crippen LogP contribution >= 0.6 is 0 Å². The van der Waals surface area contributed by atoms with Crippen molar-refractivity contribution < 1.29 is 9.59 Å². The van der Waals surface area contributed by atoms with E-state index in [1.54, 1.807) is 18.9 Å². The summed E-state index contributed by atoms with van der Waals surface area (Å²) in [6.45, 7) is 2.24. The molecular formula is C13H17N3O3. The molecule has 102 valence electrons. The van der Waals surface area contributed by atoms with E-state index in [1.807, 2.05) is 0 Å². The fourth-order valence-electron chi connectivity index (χ4n) is 2.14. The largest absolute Gasteiger partial charge is 0.364 e. The Bertz CT molecular complexity index is 564. The number of amides is 2. The molecule has 0 aromatic carbocycles. The van der Waals surface area contributed by atoms with Gasteiger partial charge in [0.25, 0.3) is 5.91 Å². The zero-order chi connectivity index (χ0) is 14.0. The van der Waals surface area contributed by atoms with Gasteiger partial charge in [0.1, 0.15) is 5.56 Å². The van der Waals surface area contributed by atoms with E-state index in [2.05, 4.69) is 10.3 Å². The molecule has 6 nitrogen and oxygen atoms in total. The Labute approximate surface area is 110 Å². The van der Waals surface area contributed by atoms with Crippen molar-refractivity contribution in [3.63, 3.8) is 0 Å². The number of hydrogen-bond acceptors (Lipinski definition) is 3. The Morgan fingerprint density at radius 1 is 1.47 bits per heavy atom. The van der Waals surface area contributed by atoms with Crippen LogP contribution in [0.5, 0.6) is 0 Å². The van der Waals surface area contributed by atoms with Crippen LogP contribution in [0, 0.1) is 6.92 Å². The number of aromatic nitrogens is 1. The summed E-state index contributed by atoms with van der Waals surface area (Å²) in [5.74, 6) is -0.312. The number of likely N-dealkylation sites (tertiary alicyclic amines) is 1. The molecule has 19 heavy (non-hydrogen) atoms. The molecule has 1 fully saturated rings. The molecule has 0 bridgehead atoms. The Morgan fingerprint density at radius 3 is 2.84 bits per heavy atom.